The number of para-hydroxylation sites is 1. The lowest BCUT2D eigenvalue weighted by Crippen LogP contribution is -2.23. The molecule has 8 nitrogen and oxygen atoms in total. The number of benzene rings is 2. The minimum absolute atomic E-state index is 0.0504. The van der Waals surface area contributed by atoms with E-state index >= 15 is 0 Å². The summed E-state index contributed by atoms with van der Waals surface area (Å²) < 4.78 is 13.7. The molecule has 3 aromatic rings. The lowest BCUT2D eigenvalue weighted by molar-refractivity contribution is -0.112. The summed E-state index contributed by atoms with van der Waals surface area (Å²) in [6.07, 6.45) is 1.37. The Hall–Kier alpha value is -3.96. The van der Waals surface area contributed by atoms with Crippen LogP contribution in [0.3, 0.4) is 0 Å². The van der Waals surface area contributed by atoms with Crippen molar-refractivity contribution in [3.05, 3.63) is 74.7 Å². The van der Waals surface area contributed by atoms with Crippen LogP contribution in [0.4, 0.5) is 5.69 Å². The number of fused-ring (bicyclic) bond motifs is 1. The maximum Gasteiger partial charge on any atom is 0.295 e. The summed E-state index contributed by atoms with van der Waals surface area (Å²) in [5.74, 6) is 0.145. The van der Waals surface area contributed by atoms with E-state index in [1.165, 1.54) is 10.8 Å². The highest BCUT2D eigenvalue weighted by Gasteiger charge is 2.21. The molecule has 156 valence electrons. The van der Waals surface area contributed by atoms with E-state index in [2.05, 4.69) is 5.32 Å². The maximum absolute atomic E-state index is 13.0. The predicted octanol–water partition coefficient (Wildman–Crippen LogP) is 3.41. The van der Waals surface area contributed by atoms with Crippen LogP contribution in [-0.4, -0.2) is 22.1 Å². The standard InChI is InChI=1S/C22H17ClN4O4/c1-13-19(22(29)27(26(13)2)16-6-4-3-5-7-16)25-21(28)15(11-24)8-14-9-17(23)20-18(10-14)30-12-31-20/h3-10H,12H2,1-2H3,(H,25,28)/b15-8+. The number of rotatable bonds is 4. The van der Waals surface area contributed by atoms with Crippen LogP contribution in [0.1, 0.15) is 11.3 Å². The largest absolute Gasteiger partial charge is 0.454 e. The van der Waals surface area contributed by atoms with Crippen molar-refractivity contribution in [1.29, 1.82) is 5.26 Å². The molecule has 4 rings (SSSR count). The molecule has 0 atom stereocenters. The zero-order valence-electron chi connectivity index (χ0n) is 16.7. The van der Waals surface area contributed by atoms with Crippen molar-refractivity contribution in [1.82, 2.24) is 9.36 Å². The van der Waals surface area contributed by atoms with Gasteiger partial charge in [0.1, 0.15) is 17.3 Å². The quantitative estimate of drug-likeness (QED) is 0.499. The Bertz CT molecular complexity index is 1320. The third-order valence-electron chi connectivity index (χ3n) is 4.92. The third kappa shape index (κ3) is 3.67. The second-order valence-electron chi connectivity index (χ2n) is 6.80. The Morgan fingerprint density at radius 3 is 2.71 bits per heavy atom. The number of halogens is 1. The zero-order chi connectivity index (χ0) is 22.1. The number of aromatic nitrogens is 2. The fraction of sp³-hybridized carbons (Fsp3) is 0.136. The van der Waals surface area contributed by atoms with Crippen LogP contribution in [0.2, 0.25) is 5.02 Å². The van der Waals surface area contributed by atoms with Crippen LogP contribution in [0, 0.1) is 18.3 Å². The number of anilines is 1. The van der Waals surface area contributed by atoms with Gasteiger partial charge in [-0.1, -0.05) is 29.8 Å². The lowest BCUT2D eigenvalue weighted by atomic mass is 10.1. The molecule has 2 heterocycles. The summed E-state index contributed by atoms with van der Waals surface area (Å²) in [4.78, 5) is 25.7. The number of hydrogen-bond acceptors (Lipinski definition) is 5. The fourth-order valence-corrected chi connectivity index (χ4v) is 3.55. The van der Waals surface area contributed by atoms with Gasteiger partial charge in [0.2, 0.25) is 6.79 Å². The normalized spacial score (nSPS) is 12.5. The lowest BCUT2D eigenvalue weighted by Gasteiger charge is -2.07. The summed E-state index contributed by atoms with van der Waals surface area (Å²) in [7, 11) is 1.72. The summed E-state index contributed by atoms with van der Waals surface area (Å²) in [5.41, 5.74) is 1.20. The minimum atomic E-state index is -0.706. The van der Waals surface area contributed by atoms with Crippen molar-refractivity contribution >= 4 is 29.3 Å². The molecule has 2 aromatic carbocycles. The molecule has 1 aliphatic rings. The highest BCUT2D eigenvalue weighted by atomic mass is 35.5. The van der Waals surface area contributed by atoms with Crippen molar-refractivity contribution in [2.75, 3.05) is 12.1 Å². The summed E-state index contributed by atoms with van der Waals surface area (Å²) >= 11 is 6.17. The highest BCUT2D eigenvalue weighted by molar-refractivity contribution is 6.32. The number of hydrogen-bond donors (Lipinski definition) is 1. The number of nitrogens with zero attached hydrogens (tertiary/aromatic N) is 3. The van der Waals surface area contributed by atoms with Gasteiger partial charge < -0.3 is 14.8 Å². The van der Waals surface area contributed by atoms with Crippen molar-refractivity contribution in [2.24, 2.45) is 7.05 Å². The van der Waals surface area contributed by atoms with Crippen LogP contribution < -0.4 is 20.3 Å². The summed E-state index contributed by atoms with van der Waals surface area (Å²) in [6.45, 7) is 1.76. The van der Waals surface area contributed by atoms with E-state index in [9.17, 15) is 14.9 Å². The smallest absolute Gasteiger partial charge is 0.295 e. The molecule has 0 bridgehead atoms. The van der Waals surface area contributed by atoms with E-state index in [-0.39, 0.29) is 18.1 Å². The molecule has 9 heteroatoms. The molecule has 0 unspecified atom stereocenters. The van der Waals surface area contributed by atoms with Gasteiger partial charge in [-0.2, -0.15) is 5.26 Å². The molecule has 0 aliphatic carbocycles. The Morgan fingerprint density at radius 2 is 2.00 bits per heavy atom. The first-order valence-corrected chi connectivity index (χ1v) is 9.65. The van der Waals surface area contributed by atoms with Crippen LogP contribution in [-0.2, 0) is 11.8 Å². The van der Waals surface area contributed by atoms with Gasteiger partial charge in [-0.3, -0.25) is 14.3 Å². The number of carbonyl (C=O) groups excluding carboxylic acids is 1. The molecule has 0 saturated carbocycles. The van der Waals surface area contributed by atoms with Crippen LogP contribution in [0.15, 0.2) is 52.8 Å². The Morgan fingerprint density at radius 1 is 1.26 bits per heavy atom. The molecule has 1 N–H and O–H groups in total. The Labute approximate surface area is 182 Å². The topological polar surface area (TPSA) is 98.3 Å². The molecule has 0 saturated heterocycles. The molecule has 0 fully saturated rings. The van der Waals surface area contributed by atoms with Crippen LogP contribution in [0.25, 0.3) is 11.8 Å². The molecule has 0 spiro atoms. The van der Waals surface area contributed by atoms with Gasteiger partial charge in [0.15, 0.2) is 11.5 Å². The van der Waals surface area contributed by atoms with Gasteiger partial charge in [0.05, 0.1) is 16.4 Å². The van der Waals surface area contributed by atoms with Crippen molar-refractivity contribution in [3.63, 3.8) is 0 Å². The van der Waals surface area contributed by atoms with Crippen molar-refractivity contribution < 1.29 is 14.3 Å². The second-order valence-corrected chi connectivity index (χ2v) is 7.20. The van der Waals surface area contributed by atoms with E-state index in [1.54, 1.807) is 42.9 Å². The van der Waals surface area contributed by atoms with Crippen LogP contribution in [0.5, 0.6) is 11.5 Å². The van der Waals surface area contributed by atoms with E-state index in [0.717, 1.165) is 0 Å². The number of amides is 1. The molecule has 1 aromatic heterocycles. The van der Waals surface area contributed by atoms with Gasteiger partial charge >= 0.3 is 0 Å². The maximum atomic E-state index is 13.0. The Balaban J connectivity index is 1.67. The monoisotopic (exact) mass is 436 g/mol. The second kappa shape index (κ2) is 8.05. The first kappa shape index (κ1) is 20.3. The van der Waals surface area contributed by atoms with E-state index in [0.29, 0.717) is 33.5 Å². The van der Waals surface area contributed by atoms with E-state index in [1.807, 2.05) is 24.3 Å². The van der Waals surface area contributed by atoms with Crippen molar-refractivity contribution in [2.45, 2.75) is 6.92 Å². The van der Waals surface area contributed by atoms with Gasteiger partial charge in [0.25, 0.3) is 11.5 Å². The first-order valence-electron chi connectivity index (χ1n) is 9.27. The number of carbonyl (C=O) groups is 1. The molecule has 1 aliphatic heterocycles. The average molecular weight is 437 g/mol. The van der Waals surface area contributed by atoms with E-state index < -0.39 is 11.5 Å². The minimum Gasteiger partial charge on any atom is -0.454 e. The highest BCUT2D eigenvalue weighted by Crippen LogP contribution is 2.40. The number of nitrogens with one attached hydrogen (secondary N) is 1. The molecule has 0 radical (unpaired) electrons. The third-order valence-corrected chi connectivity index (χ3v) is 5.20. The molecular weight excluding hydrogens is 420 g/mol. The molecule has 1 amide bonds. The summed E-state index contributed by atoms with van der Waals surface area (Å²) in [6, 6.07) is 14.1. The van der Waals surface area contributed by atoms with Gasteiger partial charge in [0, 0.05) is 7.05 Å². The molecule has 31 heavy (non-hydrogen) atoms. The predicted molar refractivity (Wildman–Crippen MR) is 116 cm³/mol. The van der Waals surface area contributed by atoms with E-state index in [4.69, 9.17) is 21.1 Å². The zero-order valence-corrected chi connectivity index (χ0v) is 17.4. The van der Waals surface area contributed by atoms with Gasteiger partial charge in [-0.15, -0.1) is 0 Å². The fourth-order valence-electron chi connectivity index (χ4n) is 3.28. The average Bonchev–Trinajstić information content (AvgIpc) is 3.32. The number of nitriles is 1. The van der Waals surface area contributed by atoms with Crippen LogP contribution >= 0.6 is 11.6 Å². The van der Waals surface area contributed by atoms with Crippen molar-refractivity contribution in [3.8, 4) is 23.3 Å². The number of ether oxygens (including phenoxy) is 2. The summed E-state index contributed by atoms with van der Waals surface area (Å²) in [5, 5.41) is 12.4. The Kier molecular flexibility index (Phi) is 5.28. The molecular formula is C22H17ClN4O4. The SMILES string of the molecule is Cc1c(NC(=O)/C(C#N)=C/c2cc(Cl)c3c(c2)OCO3)c(=O)n(-c2ccccc2)n1C. The first-order chi connectivity index (χ1) is 14.9. The van der Waals surface area contributed by atoms with Gasteiger partial charge in [-0.25, -0.2) is 4.68 Å². The van der Waals surface area contributed by atoms with Gasteiger partial charge in [-0.05, 0) is 42.8 Å².